The van der Waals surface area contributed by atoms with Crippen LogP contribution in [0.3, 0.4) is 0 Å². The Morgan fingerprint density at radius 3 is 2.11 bits per heavy atom. The highest BCUT2D eigenvalue weighted by Gasteiger charge is 2.67. The Morgan fingerprint density at radius 1 is 0.911 bits per heavy atom. The van der Waals surface area contributed by atoms with Crippen molar-refractivity contribution in [3.05, 3.63) is 113 Å². The van der Waals surface area contributed by atoms with Crippen LogP contribution in [0.15, 0.2) is 91.0 Å². The summed E-state index contributed by atoms with van der Waals surface area (Å²) in [5, 5.41) is 15.8. The van der Waals surface area contributed by atoms with Gasteiger partial charge in [0, 0.05) is 57.4 Å². The number of benzene rings is 4. The fourth-order valence-electron chi connectivity index (χ4n) is 8.73. The number of nitrogen functional groups attached to an aromatic ring is 2. The maximum atomic E-state index is 16.6. The number of carbonyl (C=O) groups excluding carboxylic acids is 4. The highest BCUT2D eigenvalue weighted by Crippen LogP contribution is 2.60. The third-order valence-corrected chi connectivity index (χ3v) is 13.8. The molecule has 0 radical (unpaired) electrons. The van der Waals surface area contributed by atoms with Crippen LogP contribution >= 0.6 is 0 Å². The SMILES string of the molecule is C[C@@H]1[C@@H]([Si](C)(C)F)[C@H](CC(=O)N2CCC[C@H]2CO)O[C@@]12C(=O)N(Cc1cccc(NC(=O)c3ccc(N)cc3)c1)c1ccc(NC(=O)c3ccc(N)cc3)cc12. The number of hydrogen-bond donors (Lipinski definition) is 5. The summed E-state index contributed by atoms with van der Waals surface area (Å²) < 4.78 is 23.4. The van der Waals surface area contributed by atoms with Crippen molar-refractivity contribution in [2.24, 2.45) is 5.92 Å². The lowest BCUT2D eigenvalue weighted by Gasteiger charge is -2.31. The number of hydrogen-bond acceptors (Lipinski definition) is 8. The molecule has 7 N–H and O–H groups in total. The number of aliphatic hydroxyl groups excluding tert-OH is 1. The van der Waals surface area contributed by atoms with Crippen molar-refractivity contribution in [2.45, 2.75) is 69.1 Å². The van der Waals surface area contributed by atoms with Crippen LogP contribution in [0, 0.1) is 5.92 Å². The number of likely N-dealkylation sites (tertiary alicyclic amines) is 1. The quantitative estimate of drug-likeness (QED) is 0.0733. The van der Waals surface area contributed by atoms with E-state index in [0.29, 0.717) is 63.7 Å². The second kappa shape index (κ2) is 15.2. The molecule has 0 unspecified atom stereocenters. The molecular weight excluding hydrogens is 732 g/mol. The first kappa shape index (κ1) is 38.7. The molecule has 0 bridgehead atoms. The van der Waals surface area contributed by atoms with Crippen LogP contribution in [0.2, 0.25) is 18.6 Å². The average molecular weight is 779 g/mol. The summed E-state index contributed by atoms with van der Waals surface area (Å²) >= 11 is 0. The molecule has 3 heterocycles. The van der Waals surface area contributed by atoms with E-state index in [1.54, 1.807) is 108 Å². The predicted molar refractivity (Wildman–Crippen MR) is 216 cm³/mol. The Hall–Kier alpha value is -5.57. The summed E-state index contributed by atoms with van der Waals surface area (Å²) in [6.07, 6.45) is 0.382. The number of anilines is 5. The zero-order valence-electron chi connectivity index (χ0n) is 31.6. The molecule has 0 aliphatic carbocycles. The normalized spacial score (nSPS) is 23.1. The Labute approximate surface area is 326 Å². The van der Waals surface area contributed by atoms with Gasteiger partial charge in [0.2, 0.25) is 14.3 Å². The van der Waals surface area contributed by atoms with E-state index in [9.17, 15) is 19.5 Å². The fraction of sp³-hybridized carbons (Fsp3) is 0.333. The lowest BCUT2D eigenvalue weighted by molar-refractivity contribution is -0.150. The van der Waals surface area contributed by atoms with E-state index in [1.807, 2.05) is 13.0 Å². The standard InChI is InChI=1S/C42H47FN6O6Si/c1-25-38(56(2,3)43)36(22-37(51)48-19-5-8-33(48)24-50)55-42(25)34-21-32(47-40(53)28-11-15-30(45)16-12-28)17-18-35(34)49(41(42)54)23-26-6-4-7-31(20-26)46-39(52)27-9-13-29(44)14-10-27/h4,6-7,9-18,20-21,25,33,36,38,50H,5,8,19,22-24,44-45H2,1-3H3,(H,46,52)(H,47,53)/t25-,33+,36+,38-,42+/m1/s1. The van der Waals surface area contributed by atoms with E-state index in [4.69, 9.17) is 16.2 Å². The van der Waals surface area contributed by atoms with Crippen molar-refractivity contribution in [3.63, 3.8) is 0 Å². The minimum atomic E-state index is -3.61. The highest BCUT2D eigenvalue weighted by molar-refractivity contribution is 6.72. The van der Waals surface area contributed by atoms with E-state index >= 15 is 8.90 Å². The third-order valence-electron chi connectivity index (χ3n) is 11.4. The molecule has 4 aromatic rings. The molecule has 3 aliphatic rings. The van der Waals surface area contributed by atoms with Crippen LogP contribution < -0.4 is 27.0 Å². The first-order valence-electron chi connectivity index (χ1n) is 18.9. The highest BCUT2D eigenvalue weighted by atomic mass is 28.4. The maximum absolute atomic E-state index is 16.6. The van der Waals surface area contributed by atoms with Gasteiger partial charge in [-0.2, -0.15) is 0 Å². The number of amides is 4. The number of nitrogens with zero attached hydrogens (tertiary/aromatic N) is 2. The molecule has 2 saturated heterocycles. The summed E-state index contributed by atoms with van der Waals surface area (Å²) in [4.78, 5) is 58.5. The number of aliphatic hydroxyl groups is 1. The monoisotopic (exact) mass is 778 g/mol. The summed E-state index contributed by atoms with van der Waals surface area (Å²) in [5.74, 6) is -2.06. The van der Waals surface area contributed by atoms with Crippen molar-refractivity contribution < 1.29 is 33.1 Å². The van der Waals surface area contributed by atoms with Crippen molar-refractivity contribution >= 4 is 60.5 Å². The summed E-state index contributed by atoms with van der Waals surface area (Å²) in [6.45, 7) is 5.38. The number of ether oxygens (including phenoxy) is 1. The number of fused-ring (bicyclic) bond motifs is 2. The smallest absolute Gasteiger partial charge is 0.264 e. The van der Waals surface area contributed by atoms with Crippen molar-refractivity contribution in [1.29, 1.82) is 0 Å². The second-order valence-corrected chi connectivity index (χ2v) is 19.3. The van der Waals surface area contributed by atoms with Gasteiger partial charge < -0.3 is 45.9 Å². The largest absolute Gasteiger partial charge is 0.399 e. The van der Waals surface area contributed by atoms with Crippen LogP contribution in [0.4, 0.5) is 32.5 Å². The molecule has 5 atom stereocenters. The van der Waals surface area contributed by atoms with E-state index in [0.717, 1.165) is 6.42 Å². The molecule has 56 heavy (non-hydrogen) atoms. The van der Waals surface area contributed by atoms with E-state index in [1.165, 1.54) is 0 Å². The zero-order chi connectivity index (χ0) is 39.9. The van der Waals surface area contributed by atoms with Crippen molar-refractivity contribution in [1.82, 2.24) is 4.90 Å². The molecule has 292 valence electrons. The molecule has 14 heteroatoms. The Kier molecular flexibility index (Phi) is 10.5. The van der Waals surface area contributed by atoms with Gasteiger partial charge in [0.15, 0.2) is 5.60 Å². The van der Waals surface area contributed by atoms with Crippen molar-refractivity contribution in [3.8, 4) is 0 Å². The molecule has 2 fully saturated rings. The predicted octanol–water partition coefficient (Wildman–Crippen LogP) is 6.05. The van der Waals surface area contributed by atoms with Crippen molar-refractivity contribution in [2.75, 3.05) is 40.2 Å². The zero-order valence-corrected chi connectivity index (χ0v) is 32.6. The van der Waals surface area contributed by atoms with Gasteiger partial charge in [-0.25, -0.2) is 0 Å². The second-order valence-electron chi connectivity index (χ2n) is 15.5. The fourth-order valence-corrected chi connectivity index (χ4v) is 11.2. The van der Waals surface area contributed by atoms with E-state index in [2.05, 4.69) is 10.6 Å². The molecule has 7 rings (SSSR count). The number of rotatable bonds is 10. The van der Waals surface area contributed by atoms with Gasteiger partial charge in [-0.05, 0) is 110 Å². The molecule has 0 saturated carbocycles. The van der Waals surface area contributed by atoms with E-state index < -0.39 is 37.5 Å². The molecule has 4 amide bonds. The van der Waals surface area contributed by atoms with Gasteiger partial charge >= 0.3 is 0 Å². The van der Waals surface area contributed by atoms with Crippen LogP contribution in [0.25, 0.3) is 0 Å². The Balaban J connectivity index is 1.24. The third kappa shape index (κ3) is 7.27. The Morgan fingerprint density at radius 2 is 1.52 bits per heavy atom. The number of nitrogens with one attached hydrogen (secondary N) is 2. The minimum absolute atomic E-state index is 0.0864. The summed E-state index contributed by atoms with van der Waals surface area (Å²) in [5.41, 5.74) is 13.7. The molecule has 4 aromatic carbocycles. The molecular formula is C42H47FN6O6Si. The Bertz CT molecular complexity index is 2160. The summed E-state index contributed by atoms with van der Waals surface area (Å²) in [7, 11) is -3.61. The lowest BCUT2D eigenvalue weighted by Crippen LogP contribution is -2.45. The molecule has 1 spiro atoms. The molecule has 3 aliphatic heterocycles. The van der Waals surface area contributed by atoms with Gasteiger partial charge in [-0.1, -0.05) is 19.1 Å². The van der Waals surface area contributed by atoms with Crippen LogP contribution in [0.5, 0.6) is 0 Å². The average Bonchev–Trinajstić information content (AvgIpc) is 3.82. The first-order valence-corrected chi connectivity index (χ1v) is 21.8. The number of nitrogens with two attached hydrogens (primary N) is 2. The number of halogens is 1. The van der Waals surface area contributed by atoms with Gasteiger partial charge in [-0.3, -0.25) is 19.2 Å². The van der Waals surface area contributed by atoms with Crippen LogP contribution in [-0.2, 0) is 26.5 Å². The van der Waals surface area contributed by atoms with Gasteiger partial charge in [0.05, 0.1) is 37.4 Å². The molecule has 12 nitrogen and oxygen atoms in total. The van der Waals surface area contributed by atoms with E-state index in [-0.39, 0.29) is 43.3 Å². The van der Waals surface area contributed by atoms with Gasteiger partial charge in [0.25, 0.3) is 17.7 Å². The van der Waals surface area contributed by atoms with Gasteiger partial charge in [-0.15, -0.1) is 0 Å². The van der Waals surface area contributed by atoms with Gasteiger partial charge in [0.1, 0.15) is 0 Å². The topological polar surface area (TPSA) is 180 Å². The minimum Gasteiger partial charge on any atom is -0.399 e. The van der Waals surface area contributed by atoms with Crippen LogP contribution in [0.1, 0.15) is 58.0 Å². The first-order chi connectivity index (χ1) is 26.7. The summed E-state index contributed by atoms with van der Waals surface area (Å²) in [6, 6.07) is 25.0. The molecule has 0 aromatic heterocycles. The maximum Gasteiger partial charge on any atom is 0.264 e. The lowest BCUT2D eigenvalue weighted by atomic mass is 9.82. The van der Waals surface area contributed by atoms with Crippen LogP contribution in [-0.4, -0.2) is 67.3 Å². The number of carbonyl (C=O) groups is 4.